The second-order valence-corrected chi connectivity index (χ2v) is 8.39. The Morgan fingerprint density at radius 2 is 2.06 bits per heavy atom. The highest BCUT2D eigenvalue weighted by atomic mass is 16.5. The van der Waals surface area contributed by atoms with Gasteiger partial charge in [0.2, 0.25) is 5.91 Å². The van der Waals surface area contributed by atoms with Gasteiger partial charge in [-0.2, -0.15) is 0 Å². The number of rotatable bonds is 11. The molecule has 1 amide bonds. The summed E-state index contributed by atoms with van der Waals surface area (Å²) in [5.41, 5.74) is -3.89. The lowest BCUT2D eigenvalue weighted by Crippen LogP contribution is -2.58. The number of aliphatic carboxylic acids is 1. The number of nitrogens with zero attached hydrogens (tertiary/aromatic N) is 1. The Balaban J connectivity index is 3.29. The lowest BCUT2D eigenvalue weighted by Gasteiger charge is -2.37. The van der Waals surface area contributed by atoms with Crippen molar-refractivity contribution in [1.82, 2.24) is 10.2 Å². The molecule has 0 spiro atoms. The number of carbonyl (C=O) groups excluding carboxylic acids is 2. The van der Waals surface area contributed by atoms with Gasteiger partial charge in [0.1, 0.15) is 13.4 Å². The zero-order chi connectivity index (χ0) is 44.3. The van der Waals surface area contributed by atoms with Crippen LogP contribution in [0.25, 0.3) is 1.43 Å². The predicted molar refractivity (Wildman–Crippen MR) is 137 cm³/mol. The van der Waals surface area contributed by atoms with Crippen LogP contribution in [0.5, 0.6) is 0 Å². The molecule has 1 aliphatic rings. The van der Waals surface area contributed by atoms with Crippen LogP contribution in [-0.2, 0) is 19.1 Å². The monoisotopic (exact) mass is 508 g/mol. The van der Waals surface area contributed by atoms with Crippen molar-refractivity contribution < 1.29 is 50.3 Å². The smallest absolute Gasteiger partial charge is 0.326 e. The first-order valence-electron chi connectivity index (χ1n) is 20.4. The molecule has 2 N–H and O–H groups in total. The number of carboxylic acids is 1. The molecule has 0 radical (unpaired) electrons. The Hall–Kier alpha value is -2.41. The van der Waals surface area contributed by atoms with E-state index in [1.165, 1.54) is 13.8 Å². The van der Waals surface area contributed by atoms with Gasteiger partial charge in [0.05, 0.1) is 23.5 Å². The Bertz CT molecular complexity index is 1730. The first kappa shape index (κ1) is 11.3. The van der Waals surface area contributed by atoms with E-state index in [2.05, 4.69) is 5.11 Å². The van der Waals surface area contributed by atoms with Gasteiger partial charge < -0.3 is 14.7 Å². The van der Waals surface area contributed by atoms with Gasteiger partial charge in [0.15, 0.2) is 0 Å². The van der Waals surface area contributed by atoms with E-state index in [0.29, 0.717) is 27.7 Å². The van der Waals surface area contributed by atoms with Crippen molar-refractivity contribution in [2.75, 3.05) is 6.56 Å². The van der Waals surface area contributed by atoms with Gasteiger partial charge in [-0.15, -0.1) is 0 Å². The van der Waals surface area contributed by atoms with E-state index in [0.717, 1.165) is 13.8 Å². The average molecular weight is 509 g/mol. The Labute approximate surface area is 238 Å². The number of amides is 1. The number of carboxylic acid groups (broad SMARTS) is 1. The third kappa shape index (κ3) is 7.29. The van der Waals surface area contributed by atoms with E-state index in [4.69, 9.17) is 25.4 Å². The van der Waals surface area contributed by atoms with Crippen molar-refractivity contribution in [1.29, 1.82) is 1.43 Å². The quantitative estimate of drug-likeness (QED) is 0.425. The number of nitrogens with one attached hydrogen (secondary N) is 1. The summed E-state index contributed by atoms with van der Waals surface area (Å²) in [6.45, 7) is 3.13. The van der Waals surface area contributed by atoms with Crippen LogP contribution in [0.1, 0.15) is 114 Å². The van der Waals surface area contributed by atoms with Crippen molar-refractivity contribution >= 4 is 17.8 Å². The third-order valence-corrected chi connectivity index (χ3v) is 4.80. The Kier molecular flexibility index (Phi) is 3.89. The highest BCUT2D eigenvalue weighted by Gasteiger charge is 2.47. The lowest BCUT2D eigenvalue weighted by molar-refractivity contribution is -0.154. The molecular formula is C28H44N2O5. The van der Waals surface area contributed by atoms with E-state index in [1.54, 1.807) is 0 Å². The summed E-state index contributed by atoms with van der Waals surface area (Å²) in [6, 6.07) is -15.5. The average Bonchev–Trinajstić information content (AvgIpc) is 3.10. The van der Waals surface area contributed by atoms with Crippen LogP contribution in [0, 0.1) is 19.7 Å². The van der Waals surface area contributed by atoms with Crippen LogP contribution in [0.3, 0.4) is 0 Å². The number of benzene rings is 1. The zero-order valence-corrected chi connectivity index (χ0v) is 20.9. The van der Waals surface area contributed by atoms with Crippen molar-refractivity contribution in [3.63, 3.8) is 0 Å². The fraction of sp³-hybridized carbons (Fsp3) is 0.679. The van der Waals surface area contributed by atoms with Crippen LogP contribution in [0.15, 0.2) is 18.1 Å². The molecule has 1 fully saturated rings. The molecule has 1 aliphatic heterocycles. The maximum atomic E-state index is 14.8. The van der Waals surface area contributed by atoms with E-state index < -0.39 is 114 Å². The maximum absolute atomic E-state index is 14.8. The fourth-order valence-corrected chi connectivity index (χ4v) is 2.84. The molecule has 196 valence electrons. The third-order valence-electron chi connectivity index (χ3n) is 4.80. The van der Waals surface area contributed by atoms with Crippen LogP contribution >= 0.6 is 0 Å². The molecule has 0 aromatic heterocycles. The summed E-state index contributed by atoms with van der Waals surface area (Å²) in [4.78, 5) is 41.7. The number of hydrogen-bond acceptors (Lipinski definition) is 6. The van der Waals surface area contributed by atoms with Crippen LogP contribution < -0.4 is 5.31 Å². The number of esters is 1. The summed E-state index contributed by atoms with van der Waals surface area (Å²) in [5.74, 6) is -13.2. The van der Waals surface area contributed by atoms with Gasteiger partial charge >= 0.3 is 11.9 Å². The number of ether oxygens (including phenoxy) is 1. The number of carbonyl (C=O) groups is 3. The largest absolute Gasteiger partial charge is 0.480 e. The van der Waals surface area contributed by atoms with Crippen LogP contribution in [0.2, 0.25) is 1.41 Å². The minimum absolute atomic E-state index is 0.0348. The van der Waals surface area contributed by atoms with Crippen LogP contribution in [0.4, 0.5) is 0 Å². The Morgan fingerprint density at radius 3 is 2.66 bits per heavy atom. The molecule has 0 aliphatic carbocycles. The molecule has 0 saturated carbocycles. The van der Waals surface area contributed by atoms with E-state index in [-0.39, 0.29) is 16.0 Å². The van der Waals surface area contributed by atoms with Gasteiger partial charge in [-0.3, -0.25) is 14.9 Å². The van der Waals surface area contributed by atoms with E-state index in [1.807, 2.05) is 0 Å². The standard InChI is InChI=1S/C28H44N2O5/c1-9-22(25(31)30-24(26(32)33)12-13-28(30,7)8)29-23(27(34)35-16-17(2)3)15-20(6)21-11-10-18(4)19(5)14-21/h10-11,14,17,20,22-24,29H,9,12-13,15-16H2,1-8H3,(H,32,33)/t20?,22-,23-,24-/m0/s1/i9D2,10D,11D,12D2,13D2,14D,15D2,16D2,17D,20D,22D,23D,24D/hD2. The topological polar surface area (TPSA) is 95.9 Å². The van der Waals surface area contributed by atoms with E-state index in [9.17, 15) is 21.2 Å². The summed E-state index contributed by atoms with van der Waals surface area (Å²) >= 11 is 0. The van der Waals surface area contributed by atoms with Crippen molar-refractivity contribution in [3.05, 3.63) is 34.8 Å². The second kappa shape index (κ2) is 12.0. The van der Waals surface area contributed by atoms with Gasteiger partial charge in [-0.25, -0.2) is 4.79 Å². The van der Waals surface area contributed by atoms with Crippen molar-refractivity contribution in [3.8, 4) is 0 Å². The number of likely N-dealkylation sites (tertiary alicyclic amines) is 1. The first-order chi connectivity index (χ1) is 24.0. The van der Waals surface area contributed by atoms with Gasteiger partial charge in [-0.1, -0.05) is 45.8 Å². The summed E-state index contributed by atoms with van der Waals surface area (Å²) in [6.07, 6.45) is -15.4. The second-order valence-electron chi connectivity index (χ2n) is 8.39. The molecule has 1 saturated heterocycles. The minimum atomic E-state index is -4.62. The molecule has 1 heterocycles. The molecule has 1 unspecified atom stereocenters. The first-order valence-corrected chi connectivity index (χ1v) is 10.6. The minimum Gasteiger partial charge on any atom is -0.480 e. The predicted octanol–water partition coefficient (Wildman–Crippen LogP) is 4.59. The highest BCUT2D eigenvalue weighted by Crippen LogP contribution is 2.34. The van der Waals surface area contributed by atoms with E-state index >= 15 is 0 Å². The molecule has 1 aromatic carbocycles. The zero-order valence-electron chi connectivity index (χ0n) is 40.9. The normalized spacial score (nSPS) is 37.5. The van der Waals surface area contributed by atoms with Gasteiger partial charge in [0.25, 0.3) is 1.43 Å². The Morgan fingerprint density at radius 1 is 1.37 bits per heavy atom. The van der Waals surface area contributed by atoms with Gasteiger partial charge in [0, 0.05) is 19.2 Å². The van der Waals surface area contributed by atoms with Gasteiger partial charge in [-0.05, 0) is 81.7 Å². The molecule has 7 heteroatoms. The molecule has 4 atom stereocenters. The van der Waals surface area contributed by atoms with Crippen LogP contribution in [-0.4, -0.2) is 58.0 Å². The highest BCUT2D eigenvalue weighted by molar-refractivity contribution is 5.89. The van der Waals surface area contributed by atoms with Crippen molar-refractivity contribution in [2.24, 2.45) is 5.89 Å². The molecule has 0 bridgehead atoms. The maximum Gasteiger partial charge on any atom is 0.326 e. The molecular weight excluding hydrogens is 444 g/mol. The van der Waals surface area contributed by atoms with Crippen molar-refractivity contribution in [2.45, 2.75) is 110 Å². The lowest BCUT2D eigenvalue weighted by atomic mass is 9.91. The molecule has 35 heavy (non-hydrogen) atoms. The molecule has 2 rings (SSSR count). The fourth-order valence-electron chi connectivity index (χ4n) is 2.84. The SMILES string of the molecule is [2H]OC(=O)[C@@]1([2H])N(C(=O)[C@@]([2H])(N([2H])[C@]([2H])(C(=O)OC([2H])([2H])C([2H])(C)C)C([2H])([2H])C([2H])(C)c2c([2H])c([2H])c(C)c(C)c2[2H])C([2H])([2H])C)C(C)(C)C([2H])([2H])C1([2H])[2H]. The number of hydrogen-bond donors (Lipinski definition) is 2. The summed E-state index contributed by atoms with van der Waals surface area (Å²) in [5, 5.41) is 2.75. The molecule has 7 nitrogen and oxygen atoms in total. The summed E-state index contributed by atoms with van der Waals surface area (Å²) in [7, 11) is 0. The molecule has 1 aromatic rings. The summed E-state index contributed by atoms with van der Waals surface area (Å²) < 4.78 is 177.